The van der Waals surface area contributed by atoms with Gasteiger partial charge in [0.15, 0.2) is 0 Å². The van der Waals surface area contributed by atoms with Crippen LogP contribution in [0.4, 0.5) is 0 Å². The largest absolute Gasteiger partial charge is 0.371 e. The van der Waals surface area contributed by atoms with Crippen LogP contribution in [-0.2, 0) is 4.74 Å². The fraction of sp³-hybridized carbons (Fsp3) is 1.00. The van der Waals surface area contributed by atoms with E-state index in [0.29, 0.717) is 6.04 Å². The Bertz CT molecular complexity index is 202. The monoisotopic (exact) mass is 229 g/mol. The molecule has 2 aliphatic rings. The Labute approximate surface area is 97.5 Å². The molecule has 2 aliphatic heterocycles. The summed E-state index contributed by atoms with van der Waals surface area (Å²) in [4.78, 5) is 0. The molecule has 2 fully saturated rings. The van der Waals surface area contributed by atoms with E-state index in [2.05, 4.69) is 30.9 Å². The highest BCUT2D eigenvalue weighted by Gasteiger charge is 2.44. The zero-order valence-electron chi connectivity index (χ0n) is 9.92. The first-order chi connectivity index (χ1) is 7.23. The van der Waals surface area contributed by atoms with Gasteiger partial charge >= 0.3 is 0 Å². The van der Waals surface area contributed by atoms with Gasteiger partial charge in [0.25, 0.3) is 0 Å². The van der Waals surface area contributed by atoms with Gasteiger partial charge in [-0.15, -0.1) is 0 Å². The van der Waals surface area contributed by atoms with Crippen molar-refractivity contribution in [1.29, 1.82) is 0 Å². The molecule has 2 nitrogen and oxygen atoms in total. The molecule has 0 aromatic heterocycles. The number of hydrogen-bond acceptors (Lipinski definition) is 3. The average Bonchev–Trinajstić information content (AvgIpc) is 2.66. The molecule has 0 radical (unpaired) electrons. The molecule has 0 aromatic carbocycles. The Hall–Kier alpha value is 0.270. The summed E-state index contributed by atoms with van der Waals surface area (Å²) >= 11 is 2.05. The Morgan fingerprint density at radius 1 is 1.53 bits per heavy atom. The van der Waals surface area contributed by atoms with Crippen LogP contribution in [0.15, 0.2) is 0 Å². The average molecular weight is 229 g/mol. The van der Waals surface area contributed by atoms with Gasteiger partial charge < -0.3 is 10.1 Å². The zero-order chi connectivity index (χ0) is 10.7. The van der Waals surface area contributed by atoms with Crippen LogP contribution in [0.5, 0.6) is 0 Å². The Balaban J connectivity index is 1.93. The second kappa shape index (κ2) is 5.07. The highest BCUT2D eigenvalue weighted by Crippen LogP contribution is 2.37. The van der Waals surface area contributed by atoms with Crippen LogP contribution in [0.1, 0.15) is 33.1 Å². The first kappa shape index (κ1) is 11.7. The summed E-state index contributed by atoms with van der Waals surface area (Å²) in [5, 5.41) is 3.67. The molecule has 3 heteroatoms. The molecule has 88 valence electrons. The lowest BCUT2D eigenvalue weighted by atomic mass is 9.87. The van der Waals surface area contributed by atoms with Crippen molar-refractivity contribution < 1.29 is 4.74 Å². The fourth-order valence-corrected chi connectivity index (χ4v) is 4.00. The van der Waals surface area contributed by atoms with Gasteiger partial charge in [0.05, 0.1) is 12.2 Å². The van der Waals surface area contributed by atoms with E-state index in [4.69, 9.17) is 4.74 Å². The molecule has 0 saturated carbocycles. The van der Waals surface area contributed by atoms with Crippen LogP contribution in [0.25, 0.3) is 0 Å². The maximum Gasteiger partial charge on any atom is 0.0932 e. The molecule has 0 aliphatic carbocycles. The summed E-state index contributed by atoms with van der Waals surface area (Å²) in [5.74, 6) is 3.28. The van der Waals surface area contributed by atoms with E-state index in [-0.39, 0.29) is 5.60 Å². The standard InChI is InChI=1S/C12H23NOS/c1-10(2)3-4-11-12(5-8-15-9-12)14-7-6-13-11/h10-11,13H,3-9H2,1-2H3. The van der Waals surface area contributed by atoms with Crippen LogP contribution >= 0.6 is 11.8 Å². The van der Waals surface area contributed by atoms with Crippen LogP contribution < -0.4 is 5.32 Å². The van der Waals surface area contributed by atoms with Crippen LogP contribution in [-0.4, -0.2) is 36.3 Å². The summed E-state index contributed by atoms with van der Waals surface area (Å²) in [5.41, 5.74) is 0.178. The van der Waals surface area contributed by atoms with Gasteiger partial charge in [-0.1, -0.05) is 13.8 Å². The van der Waals surface area contributed by atoms with Gasteiger partial charge in [-0.3, -0.25) is 0 Å². The SMILES string of the molecule is CC(C)CCC1NCCOC12CCSC2. The van der Waals surface area contributed by atoms with Crippen LogP contribution in [0.2, 0.25) is 0 Å². The molecule has 0 aromatic rings. The van der Waals surface area contributed by atoms with Gasteiger partial charge in [0, 0.05) is 18.3 Å². The van der Waals surface area contributed by atoms with Gasteiger partial charge in [-0.2, -0.15) is 11.8 Å². The summed E-state index contributed by atoms with van der Waals surface area (Å²) in [6.07, 6.45) is 3.83. The molecule has 15 heavy (non-hydrogen) atoms. The predicted octanol–water partition coefficient (Wildman–Crippen LogP) is 2.29. The first-order valence-electron chi connectivity index (χ1n) is 6.18. The smallest absolute Gasteiger partial charge is 0.0932 e. The fourth-order valence-electron chi connectivity index (χ4n) is 2.59. The summed E-state index contributed by atoms with van der Waals surface area (Å²) in [7, 11) is 0. The van der Waals surface area contributed by atoms with Crippen molar-refractivity contribution in [3.05, 3.63) is 0 Å². The van der Waals surface area contributed by atoms with Crippen molar-refractivity contribution >= 4 is 11.8 Å². The minimum Gasteiger partial charge on any atom is -0.371 e. The van der Waals surface area contributed by atoms with E-state index in [0.717, 1.165) is 19.1 Å². The third kappa shape index (κ3) is 2.69. The van der Waals surface area contributed by atoms with Crippen molar-refractivity contribution in [1.82, 2.24) is 5.32 Å². The predicted molar refractivity (Wildman–Crippen MR) is 66.5 cm³/mol. The maximum atomic E-state index is 6.09. The molecule has 1 N–H and O–H groups in total. The lowest BCUT2D eigenvalue weighted by Crippen LogP contribution is -2.58. The van der Waals surface area contributed by atoms with E-state index in [1.54, 1.807) is 0 Å². The molecule has 1 spiro atoms. The summed E-state index contributed by atoms with van der Waals surface area (Å²) in [6, 6.07) is 0.601. The van der Waals surface area contributed by atoms with Gasteiger partial charge in [-0.25, -0.2) is 0 Å². The molecule has 0 amide bonds. The van der Waals surface area contributed by atoms with E-state index >= 15 is 0 Å². The molecule has 2 atom stereocenters. The van der Waals surface area contributed by atoms with E-state index in [1.165, 1.54) is 30.8 Å². The second-order valence-corrected chi connectivity index (χ2v) is 6.30. The van der Waals surface area contributed by atoms with Crippen molar-refractivity contribution in [2.75, 3.05) is 24.7 Å². The van der Waals surface area contributed by atoms with Crippen LogP contribution in [0.3, 0.4) is 0 Å². The van der Waals surface area contributed by atoms with Crippen molar-refractivity contribution in [2.24, 2.45) is 5.92 Å². The summed E-state index contributed by atoms with van der Waals surface area (Å²) < 4.78 is 6.09. The molecule has 2 saturated heterocycles. The highest BCUT2D eigenvalue weighted by atomic mass is 32.2. The Morgan fingerprint density at radius 2 is 2.40 bits per heavy atom. The third-order valence-corrected chi connectivity index (χ3v) is 4.75. The molecule has 2 heterocycles. The number of hydrogen-bond donors (Lipinski definition) is 1. The first-order valence-corrected chi connectivity index (χ1v) is 7.33. The van der Waals surface area contributed by atoms with Crippen molar-refractivity contribution in [3.8, 4) is 0 Å². The van der Waals surface area contributed by atoms with Crippen molar-refractivity contribution in [3.63, 3.8) is 0 Å². The number of nitrogens with one attached hydrogen (secondary N) is 1. The van der Waals surface area contributed by atoms with Gasteiger partial charge in [0.1, 0.15) is 0 Å². The molecule has 2 rings (SSSR count). The highest BCUT2D eigenvalue weighted by molar-refractivity contribution is 7.99. The molecule has 0 bridgehead atoms. The normalized spacial score (nSPS) is 36.6. The van der Waals surface area contributed by atoms with Crippen LogP contribution in [0, 0.1) is 5.92 Å². The third-order valence-electron chi connectivity index (χ3n) is 3.57. The maximum absolute atomic E-state index is 6.09. The Kier molecular flexibility index (Phi) is 3.97. The quantitative estimate of drug-likeness (QED) is 0.802. The van der Waals surface area contributed by atoms with Gasteiger partial charge in [-0.05, 0) is 30.9 Å². The van der Waals surface area contributed by atoms with E-state index in [9.17, 15) is 0 Å². The zero-order valence-corrected chi connectivity index (χ0v) is 10.7. The Morgan fingerprint density at radius 3 is 3.07 bits per heavy atom. The lowest BCUT2D eigenvalue weighted by Gasteiger charge is -2.42. The lowest BCUT2D eigenvalue weighted by molar-refractivity contribution is -0.0809. The topological polar surface area (TPSA) is 21.3 Å². The van der Waals surface area contributed by atoms with E-state index < -0.39 is 0 Å². The van der Waals surface area contributed by atoms with E-state index in [1.807, 2.05) is 0 Å². The minimum absolute atomic E-state index is 0.178. The summed E-state index contributed by atoms with van der Waals surface area (Å²) in [6.45, 7) is 6.55. The minimum atomic E-state index is 0.178. The second-order valence-electron chi connectivity index (χ2n) is 5.19. The number of rotatable bonds is 3. The number of thioether (sulfide) groups is 1. The van der Waals surface area contributed by atoms with Crippen molar-refractivity contribution in [2.45, 2.75) is 44.8 Å². The number of ether oxygens (including phenoxy) is 1. The molecular formula is C12H23NOS. The molecule has 2 unspecified atom stereocenters. The number of morpholine rings is 1. The molecular weight excluding hydrogens is 206 g/mol. The van der Waals surface area contributed by atoms with Gasteiger partial charge in [0.2, 0.25) is 0 Å².